The van der Waals surface area contributed by atoms with Crippen molar-refractivity contribution < 1.29 is 22.7 Å². The van der Waals surface area contributed by atoms with E-state index in [-0.39, 0.29) is 17.2 Å². The summed E-state index contributed by atoms with van der Waals surface area (Å²) in [6, 6.07) is 17.9. The highest BCUT2D eigenvalue weighted by Crippen LogP contribution is 2.37. The first-order valence-electron chi connectivity index (χ1n) is 10.4. The molecule has 6 N–H and O–H groups in total. The van der Waals surface area contributed by atoms with Crippen LogP contribution in [0.25, 0.3) is 11.1 Å². The molecule has 7 nitrogen and oxygen atoms in total. The van der Waals surface area contributed by atoms with Crippen molar-refractivity contribution in [1.29, 1.82) is 0 Å². The minimum absolute atomic E-state index is 0.0730. The molecule has 36 heavy (non-hydrogen) atoms. The number of ether oxygens (including phenoxy) is 1. The van der Waals surface area contributed by atoms with Gasteiger partial charge in [0.15, 0.2) is 5.75 Å². The predicted octanol–water partition coefficient (Wildman–Crippen LogP) is 7.02. The van der Waals surface area contributed by atoms with Gasteiger partial charge in [-0.3, -0.25) is 0 Å². The fourth-order valence-corrected chi connectivity index (χ4v) is 3.57. The van der Waals surface area contributed by atoms with E-state index in [1.165, 1.54) is 12.3 Å². The van der Waals surface area contributed by atoms with E-state index in [1.807, 2.05) is 30.3 Å². The molecule has 0 saturated heterocycles. The number of carbonyl (C=O) groups excluding carboxylic acids is 1. The summed E-state index contributed by atoms with van der Waals surface area (Å²) in [6.07, 6.45) is -3.20. The van der Waals surface area contributed by atoms with Crippen molar-refractivity contribution >= 4 is 40.5 Å². The molecule has 0 aliphatic carbocycles. The number of amides is 2. The first-order chi connectivity index (χ1) is 17.1. The summed E-state index contributed by atoms with van der Waals surface area (Å²) in [7, 11) is 0. The summed E-state index contributed by atoms with van der Waals surface area (Å²) in [5.41, 5.74) is 12.5. The van der Waals surface area contributed by atoms with E-state index in [9.17, 15) is 18.0 Å². The number of nitrogens with zero attached hydrogens (tertiary/aromatic N) is 1. The molecule has 0 radical (unpaired) electrons. The molecule has 11 heteroatoms. The number of hydrogen-bond acceptors (Lipinski definition) is 5. The highest BCUT2D eigenvalue weighted by molar-refractivity contribution is 6.31. The number of halogens is 4. The molecule has 4 aromatic rings. The Morgan fingerprint density at radius 3 is 2.42 bits per heavy atom. The van der Waals surface area contributed by atoms with Gasteiger partial charge >= 0.3 is 12.2 Å². The van der Waals surface area contributed by atoms with Crippen LogP contribution in [0, 0.1) is 0 Å². The maximum absolute atomic E-state index is 13.2. The molecule has 1 aromatic heterocycles. The molecule has 184 valence electrons. The molecule has 0 atom stereocenters. The van der Waals surface area contributed by atoms with Gasteiger partial charge in [0.2, 0.25) is 0 Å². The fourth-order valence-electron chi connectivity index (χ4n) is 3.34. The van der Waals surface area contributed by atoms with E-state index >= 15 is 0 Å². The minimum atomic E-state index is -4.66. The molecule has 0 fully saturated rings. The number of carbonyl (C=O) groups is 1. The highest BCUT2D eigenvalue weighted by atomic mass is 35.5. The van der Waals surface area contributed by atoms with E-state index in [0.29, 0.717) is 22.7 Å². The number of nitrogens with two attached hydrogens (primary N) is 2. The summed E-state index contributed by atoms with van der Waals surface area (Å²) in [4.78, 5) is 16.6. The Hall–Kier alpha value is -4.44. The molecule has 2 amide bonds. The standard InChI is InChI=1S/C25H19ClF3N5O2/c26-19-8-6-15(12-18(19)25(27,28)29)33-24(35)34-20-9-7-16(13-17(20)14-4-2-1-3-5-14)36-21-10-11-32-23(31)22(21)30/h1-13H,30H2,(H2,31,32)(H2,33,34,35). The van der Waals surface area contributed by atoms with Crippen LogP contribution >= 0.6 is 11.6 Å². The van der Waals surface area contributed by atoms with E-state index in [0.717, 1.165) is 17.7 Å². The number of pyridine rings is 1. The lowest BCUT2D eigenvalue weighted by Crippen LogP contribution is -2.20. The van der Waals surface area contributed by atoms with E-state index in [1.54, 1.807) is 24.3 Å². The van der Waals surface area contributed by atoms with Crippen LogP contribution < -0.4 is 26.8 Å². The third-order valence-corrected chi connectivity index (χ3v) is 5.39. The summed E-state index contributed by atoms with van der Waals surface area (Å²) < 4.78 is 45.3. The summed E-state index contributed by atoms with van der Waals surface area (Å²) in [5.74, 6) is 0.842. The minimum Gasteiger partial charge on any atom is -0.455 e. The second-order valence-electron chi connectivity index (χ2n) is 7.55. The lowest BCUT2D eigenvalue weighted by Gasteiger charge is -2.16. The Labute approximate surface area is 208 Å². The zero-order chi connectivity index (χ0) is 25.9. The molecular weight excluding hydrogens is 495 g/mol. The number of rotatable bonds is 5. The van der Waals surface area contributed by atoms with E-state index in [4.69, 9.17) is 27.8 Å². The Morgan fingerprint density at radius 2 is 1.69 bits per heavy atom. The monoisotopic (exact) mass is 513 g/mol. The van der Waals surface area contributed by atoms with Gasteiger partial charge in [-0.15, -0.1) is 0 Å². The van der Waals surface area contributed by atoms with Crippen LogP contribution in [0.15, 0.2) is 79.0 Å². The smallest absolute Gasteiger partial charge is 0.417 e. The van der Waals surface area contributed by atoms with Crippen LogP contribution in [0.5, 0.6) is 11.5 Å². The van der Waals surface area contributed by atoms with Crippen molar-refractivity contribution in [2.75, 3.05) is 22.1 Å². The lowest BCUT2D eigenvalue weighted by molar-refractivity contribution is -0.137. The summed E-state index contributed by atoms with van der Waals surface area (Å²) in [5, 5.41) is 4.60. The number of alkyl halides is 3. The van der Waals surface area contributed by atoms with E-state index in [2.05, 4.69) is 15.6 Å². The number of benzene rings is 3. The molecule has 1 heterocycles. The van der Waals surface area contributed by atoms with Gasteiger partial charge in [-0.2, -0.15) is 13.2 Å². The molecule has 0 saturated carbocycles. The lowest BCUT2D eigenvalue weighted by atomic mass is 10.0. The van der Waals surface area contributed by atoms with Crippen LogP contribution in [0.1, 0.15) is 5.56 Å². The maximum Gasteiger partial charge on any atom is 0.417 e. The molecule has 3 aromatic carbocycles. The molecule has 0 spiro atoms. The maximum atomic E-state index is 13.2. The highest BCUT2D eigenvalue weighted by Gasteiger charge is 2.33. The largest absolute Gasteiger partial charge is 0.455 e. The Kier molecular flexibility index (Phi) is 6.89. The molecule has 0 aliphatic rings. The van der Waals surface area contributed by atoms with Crippen molar-refractivity contribution in [3.05, 3.63) is 89.6 Å². The van der Waals surface area contributed by atoms with Crippen LogP contribution in [0.2, 0.25) is 5.02 Å². The molecule has 0 unspecified atom stereocenters. The topological polar surface area (TPSA) is 115 Å². The van der Waals surface area contributed by atoms with Crippen LogP contribution in [-0.4, -0.2) is 11.0 Å². The fraction of sp³-hybridized carbons (Fsp3) is 0.0400. The number of nitrogens with one attached hydrogen (secondary N) is 2. The van der Waals surface area contributed by atoms with Crippen LogP contribution in [0.4, 0.5) is 40.8 Å². The Bertz CT molecular complexity index is 1410. The van der Waals surface area contributed by atoms with Gasteiger partial charge in [0.25, 0.3) is 0 Å². The number of nitrogen functional groups attached to an aromatic ring is 2. The number of urea groups is 1. The van der Waals surface area contributed by atoms with E-state index < -0.39 is 22.8 Å². The van der Waals surface area contributed by atoms with Gasteiger partial charge in [-0.05, 0) is 42.0 Å². The van der Waals surface area contributed by atoms with Gasteiger partial charge in [-0.25, -0.2) is 9.78 Å². The van der Waals surface area contributed by atoms with Gasteiger partial charge in [-0.1, -0.05) is 41.9 Å². The predicted molar refractivity (Wildman–Crippen MR) is 134 cm³/mol. The van der Waals surface area contributed by atoms with Gasteiger partial charge < -0.3 is 26.8 Å². The SMILES string of the molecule is Nc1nccc(Oc2ccc(NC(=O)Nc3ccc(Cl)c(C(F)(F)F)c3)c(-c3ccccc3)c2)c1N. The summed E-state index contributed by atoms with van der Waals surface area (Å²) in [6.45, 7) is 0. The van der Waals surface area contributed by atoms with Crippen molar-refractivity contribution in [3.8, 4) is 22.6 Å². The molecular formula is C25H19ClF3N5O2. The van der Waals surface area contributed by atoms with Gasteiger partial charge in [0, 0.05) is 23.5 Å². The first-order valence-corrected chi connectivity index (χ1v) is 10.8. The zero-order valence-corrected chi connectivity index (χ0v) is 19.2. The van der Waals surface area contributed by atoms with Crippen LogP contribution in [0.3, 0.4) is 0 Å². The second kappa shape index (κ2) is 10.0. The Balaban J connectivity index is 1.61. The van der Waals surface area contributed by atoms with Crippen LogP contribution in [-0.2, 0) is 6.18 Å². The normalized spacial score (nSPS) is 11.1. The quantitative estimate of drug-likeness (QED) is 0.229. The number of hydrogen-bond donors (Lipinski definition) is 4. The Morgan fingerprint density at radius 1 is 0.944 bits per heavy atom. The third kappa shape index (κ3) is 5.61. The van der Waals surface area contributed by atoms with Gasteiger partial charge in [0.05, 0.1) is 16.3 Å². The van der Waals surface area contributed by atoms with Crippen molar-refractivity contribution in [3.63, 3.8) is 0 Å². The number of anilines is 4. The molecule has 4 rings (SSSR count). The average Bonchev–Trinajstić information content (AvgIpc) is 2.84. The second-order valence-corrected chi connectivity index (χ2v) is 7.96. The average molecular weight is 514 g/mol. The molecule has 0 bridgehead atoms. The number of aromatic nitrogens is 1. The third-order valence-electron chi connectivity index (χ3n) is 5.06. The molecule has 0 aliphatic heterocycles. The summed E-state index contributed by atoms with van der Waals surface area (Å²) >= 11 is 5.65. The van der Waals surface area contributed by atoms with Gasteiger partial charge in [0.1, 0.15) is 17.3 Å². The van der Waals surface area contributed by atoms with Crippen molar-refractivity contribution in [1.82, 2.24) is 4.98 Å². The van der Waals surface area contributed by atoms with Crippen molar-refractivity contribution in [2.45, 2.75) is 6.18 Å². The zero-order valence-electron chi connectivity index (χ0n) is 18.4. The first kappa shape index (κ1) is 24.7. The van der Waals surface area contributed by atoms with Crippen molar-refractivity contribution in [2.24, 2.45) is 0 Å².